The Morgan fingerprint density at radius 3 is 2.33 bits per heavy atom. The average molecular weight is 296 g/mol. The van der Waals surface area contributed by atoms with Gasteiger partial charge < -0.3 is 14.5 Å². The van der Waals surface area contributed by atoms with Crippen molar-refractivity contribution in [2.45, 2.75) is 57.4 Å². The van der Waals surface area contributed by atoms with Gasteiger partial charge in [0.2, 0.25) is 5.91 Å². The van der Waals surface area contributed by atoms with Gasteiger partial charge >= 0.3 is 0 Å². The summed E-state index contributed by atoms with van der Waals surface area (Å²) in [5.74, 6) is 1.18. The highest BCUT2D eigenvalue weighted by molar-refractivity contribution is 5.76. The lowest BCUT2D eigenvalue weighted by atomic mass is 10.00. The molecule has 0 unspecified atom stereocenters. The molecule has 1 amide bonds. The molecule has 4 nitrogen and oxygen atoms in total. The largest absolute Gasteiger partial charge is 0.381 e. The number of nitrogens with zero attached hydrogens (tertiary/aromatic N) is 2. The van der Waals surface area contributed by atoms with E-state index in [2.05, 4.69) is 23.9 Å². The summed E-state index contributed by atoms with van der Waals surface area (Å²) in [5, 5.41) is 0. The van der Waals surface area contributed by atoms with E-state index in [0.29, 0.717) is 11.9 Å². The van der Waals surface area contributed by atoms with Crippen LogP contribution in [0.3, 0.4) is 0 Å². The van der Waals surface area contributed by atoms with Gasteiger partial charge in [-0.3, -0.25) is 4.79 Å². The zero-order chi connectivity index (χ0) is 15.1. The second-order valence-corrected chi connectivity index (χ2v) is 6.92. The van der Waals surface area contributed by atoms with Crippen LogP contribution in [0.4, 0.5) is 0 Å². The molecule has 2 fully saturated rings. The summed E-state index contributed by atoms with van der Waals surface area (Å²) in [6, 6.07) is 0.398. The molecule has 1 aliphatic heterocycles. The van der Waals surface area contributed by atoms with E-state index in [0.717, 1.165) is 57.9 Å². The van der Waals surface area contributed by atoms with E-state index in [1.54, 1.807) is 0 Å². The van der Waals surface area contributed by atoms with Crippen molar-refractivity contribution < 1.29 is 9.53 Å². The van der Waals surface area contributed by atoms with Crippen LogP contribution >= 0.6 is 0 Å². The first-order valence-corrected chi connectivity index (χ1v) is 8.68. The van der Waals surface area contributed by atoms with E-state index in [1.807, 2.05) is 0 Å². The molecule has 122 valence electrons. The molecule has 4 heteroatoms. The first-order valence-electron chi connectivity index (χ1n) is 8.68. The van der Waals surface area contributed by atoms with Gasteiger partial charge in [-0.1, -0.05) is 25.7 Å². The molecule has 0 atom stereocenters. The average Bonchev–Trinajstić information content (AvgIpc) is 2.99. The van der Waals surface area contributed by atoms with Crippen LogP contribution in [0.15, 0.2) is 0 Å². The van der Waals surface area contributed by atoms with Crippen LogP contribution < -0.4 is 0 Å². The van der Waals surface area contributed by atoms with Crippen molar-refractivity contribution in [3.8, 4) is 0 Å². The zero-order valence-corrected chi connectivity index (χ0v) is 13.9. The Labute approximate surface area is 129 Å². The molecule has 0 bridgehead atoms. The normalized spacial score (nSPS) is 21.1. The van der Waals surface area contributed by atoms with E-state index in [1.165, 1.54) is 25.7 Å². The quantitative estimate of drug-likeness (QED) is 0.724. The maximum Gasteiger partial charge on any atom is 0.222 e. The highest BCUT2D eigenvalue weighted by Crippen LogP contribution is 2.29. The smallest absolute Gasteiger partial charge is 0.222 e. The Hall–Kier alpha value is -0.610. The molecule has 0 aromatic carbocycles. The molecular formula is C17H32N2O2. The Morgan fingerprint density at radius 2 is 1.71 bits per heavy atom. The van der Waals surface area contributed by atoms with E-state index < -0.39 is 0 Å². The lowest BCUT2D eigenvalue weighted by Gasteiger charge is -2.35. The fraction of sp³-hybridized carbons (Fsp3) is 0.941. The third-order valence-corrected chi connectivity index (χ3v) is 4.98. The molecule has 2 aliphatic rings. The fourth-order valence-electron chi connectivity index (χ4n) is 3.59. The van der Waals surface area contributed by atoms with Crippen molar-refractivity contribution in [3.05, 3.63) is 0 Å². The van der Waals surface area contributed by atoms with Crippen LogP contribution in [0.1, 0.15) is 51.4 Å². The maximum absolute atomic E-state index is 12.7. The van der Waals surface area contributed by atoms with E-state index in [9.17, 15) is 4.79 Å². The first-order chi connectivity index (χ1) is 10.2. The Bertz CT molecular complexity index is 308. The van der Waals surface area contributed by atoms with Gasteiger partial charge in [-0.05, 0) is 39.3 Å². The Balaban J connectivity index is 1.84. The van der Waals surface area contributed by atoms with Crippen molar-refractivity contribution >= 4 is 5.91 Å². The van der Waals surface area contributed by atoms with Gasteiger partial charge in [0.05, 0.1) is 0 Å². The molecule has 1 aliphatic carbocycles. The van der Waals surface area contributed by atoms with Crippen LogP contribution in [0, 0.1) is 5.92 Å². The number of hydrogen-bond donors (Lipinski definition) is 0. The maximum atomic E-state index is 12.7. The number of rotatable bonds is 7. The molecule has 0 N–H and O–H groups in total. The lowest BCUT2D eigenvalue weighted by molar-refractivity contribution is -0.136. The topological polar surface area (TPSA) is 32.8 Å². The van der Waals surface area contributed by atoms with Crippen molar-refractivity contribution in [1.29, 1.82) is 0 Å². The van der Waals surface area contributed by atoms with Crippen LogP contribution in [0.25, 0.3) is 0 Å². The lowest BCUT2D eigenvalue weighted by Crippen LogP contribution is -2.46. The van der Waals surface area contributed by atoms with Gasteiger partial charge in [0.25, 0.3) is 0 Å². The number of ether oxygens (including phenoxy) is 1. The van der Waals surface area contributed by atoms with Crippen LogP contribution in [0.5, 0.6) is 0 Å². The number of amides is 1. The molecule has 1 saturated carbocycles. The highest BCUT2D eigenvalue weighted by atomic mass is 16.5. The van der Waals surface area contributed by atoms with Gasteiger partial charge in [0, 0.05) is 38.8 Å². The third kappa shape index (κ3) is 5.59. The summed E-state index contributed by atoms with van der Waals surface area (Å²) < 4.78 is 5.45. The van der Waals surface area contributed by atoms with Gasteiger partial charge in [0.1, 0.15) is 0 Å². The SMILES string of the molecule is CN(C)CCN(C(=O)CCC1CCCC1)C1CCOCC1. The molecular weight excluding hydrogens is 264 g/mol. The van der Waals surface area contributed by atoms with Crippen LogP contribution in [0.2, 0.25) is 0 Å². The van der Waals surface area contributed by atoms with Crippen LogP contribution in [-0.2, 0) is 9.53 Å². The second kappa shape index (κ2) is 8.74. The predicted molar refractivity (Wildman–Crippen MR) is 85.3 cm³/mol. The number of likely N-dealkylation sites (N-methyl/N-ethyl adjacent to an activating group) is 1. The Morgan fingerprint density at radius 1 is 1.05 bits per heavy atom. The van der Waals surface area contributed by atoms with Gasteiger partial charge in [0.15, 0.2) is 0 Å². The highest BCUT2D eigenvalue weighted by Gasteiger charge is 2.26. The fourth-order valence-corrected chi connectivity index (χ4v) is 3.59. The number of carbonyl (C=O) groups excluding carboxylic acids is 1. The molecule has 0 aromatic rings. The molecule has 1 heterocycles. The van der Waals surface area contributed by atoms with Crippen molar-refractivity contribution in [3.63, 3.8) is 0 Å². The minimum Gasteiger partial charge on any atom is -0.381 e. The molecule has 2 rings (SSSR count). The van der Waals surface area contributed by atoms with Crippen molar-refractivity contribution in [2.75, 3.05) is 40.4 Å². The van der Waals surface area contributed by atoms with Crippen LogP contribution in [-0.4, -0.2) is 62.1 Å². The first kappa shape index (κ1) is 16.8. The molecule has 0 radical (unpaired) electrons. The van der Waals surface area contributed by atoms with E-state index in [-0.39, 0.29) is 0 Å². The van der Waals surface area contributed by atoms with E-state index >= 15 is 0 Å². The van der Waals surface area contributed by atoms with Gasteiger partial charge in [-0.25, -0.2) is 0 Å². The van der Waals surface area contributed by atoms with Gasteiger partial charge in [-0.2, -0.15) is 0 Å². The number of hydrogen-bond acceptors (Lipinski definition) is 3. The van der Waals surface area contributed by atoms with Crippen molar-refractivity contribution in [1.82, 2.24) is 9.80 Å². The van der Waals surface area contributed by atoms with Crippen molar-refractivity contribution in [2.24, 2.45) is 5.92 Å². The number of carbonyl (C=O) groups is 1. The molecule has 1 saturated heterocycles. The summed E-state index contributed by atoms with van der Waals surface area (Å²) in [4.78, 5) is 17.0. The summed E-state index contributed by atoms with van der Waals surface area (Å²) in [6.45, 7) is 3.42. The Kier molecular flexibility index (Phi) is 6.97. The second-order valence-electron chi connectivity index (χ2n) is 6.92. The summed E-state index contributed by atoms with van der Waals surface area (Å²) >= 11 is 0. The van der Waals surface area contributed by atoms with Gasteiger partial charge in [-0.15, -0.1) is 0 Å². The van der Waals surface area contributed by atoms with E-state index in [4.69, 9.17) is 4.74 Å². The summed E-state index contributed by atoms with van der Waals surface area (Å²) in [7, 11) is 4.15. The standard InChI is InChI=1S/C17H32N2O2/c1-18(2)11-12-19(16-9-13-21-14-10-16)17(20)8-7-15-5-3-4-6-15/h15-16H,3-14H2,1-2H3. The molecule has 0 spiro atoms. The summed E-state index contributed by atoms with van der Waals surface area (Å²) in [5.41, 5.74) is 0. The molecule has 0 aromatic heterocycles. The minimum absolute atomic E-state index is 0.371. The molecule has 21 heavy (non-hydrogen) atoms. The monoisotopic (exact) mass is 296 g/mol. The third-order valence-electron chi connectivity index (χ3n) is 4.98. The summed E-state index contributed by atoms with van der Waals surface area (Å²) in [6.07, 6.45) is 9.25. The zero-order valence-electron chi connectivity index (χ0n) is 13.9. The predicted octanol–water partition coefficient (Wildman–Crippen LogP) is 2.53. The minimum atomic E-state index is 0.371.